The molecule has 0 fully saturated rings. The van der Waals surface area contributed by atoms with Crippen molar-refractivity contribution in [3.05, 3.63) is 64.7 Å². The van der Waals surface area contributed by atoms with Crippen LogP contribution in [-0.4, -0.2) is 15.3 Å². The summed E-state index contributed by atoms with van der Waals surface area (Å²) in [6, 6.07) is 7.10. The third-order valence-corrected chi connectivity index (χ3v) is 3.78. The van der Waals surface area contributed by atoms with Crippen molar-refractivity contribution in [2.45, 2.75) is 6.92 Å². The lowest BCUT2D eigenvalue weighted by Gasteiger charge is -2.15. The van der Waals surface area contributed by atoms with E-state index in [-0.39, 0.29) is 16.5 Å². The molecule has 2 aromatic carbocycles. The first-order chi connectivity index (χ1) is 11.4. The minimum absolute atomic E-state index is 0.0233. The number of phenols is 1. The van der Waals surface area contributed by atoms with Crippen LogP contribution in [-0.2, 0) is 0 Å². The Balaban J connectivity index is 2.37. The highest BCUT2D eigenvalue weighted by molar-refractivity contribution is 6.32. The Kier molecular flexibility index (Phi) is 4.15. The van der Waals surface area contributed by atoms with Gasteiger partial charge >= 0.3 is 0 Å². The van der Waals surface area contributed by atoms with Crippen molar-refractivity contribution in [1.29, 1.82) is 0 Å². The van der Waals surface area contributed by atoms with Gasteiger partial charge < -0.3 is 5.11 Å². The van der Waals surface area contributed by atoms with E-state index in [1.54, 1.807) is 19.1 Å². The van der Waals surface area contributed by atoms with Crippen LogP contribution in [0.25, 0.3) is 22.3 Å². The van der Waals surface area contributed by atoms with Crippen molar-refractivity contribution in [2.75, 3.05) is 0 Å². The summed E-state index contributed by atoms with van der Waals surface area (Å²) in [5.74, 6) is -3.19. The normalized spacial score (nSPS) is 10.9. The van der Waals surface area contributed by atoms with Crippen LogP contribution in [0.3, 0.4) is 0 Å². The summed E-state index contributed by atoms with van der Waals surface area (Å²) in [7, 11) is 0. The summed E-state index contributed by atoms with van der Waals surface area (Å²) in [6.07, 6.45) is 0. The lowest BCUT2D eigenvalue weighted by atomic mass is 9.94. The van der Waals surface area contributed by atoms with Crippen LogP contribution >= 0.6 is 11.6 Å². The lowest BCUT2D eigenvalue weighted by molar-refractivity contribution is 0.475. The van der Waals surface area contributed by atoms with Gasteiger partial charge in [-0.1, -0.05) is 23.7 Å². The van der Waals surface area contributed by atoms with Crippen LogP contribution in [0.5, 0.6) is 5.75 Å². The van der Waals surface area contributed by atoms with E-state index >= 15 is 0 Å². The molecule has 1 aromatic heterocycles. The molecule has 1 heterocycles. The number of halogens is 4. The maximum Gasteiger partial charge on any atom is 0.160 e. The number of aromatic hydroxyl groups is 1. The van der Waals surface area contributed by atoms with E-state index in [0.29, 0.717) is 29.0 Å². The number of benzene rings is 2. The summed E-state index contributed by atoms with van der Waals surface area (Å²) >= 11 is 6.05. The standard InChI is InChI=1S/C17H10ClF3N2O/c1-8-14(9-2-4-11(24)5-3-9)16(17(18)23-22-8)15-12(20)6-10(19)7-13(15)21/h2-7,24H,1H3. The van der Waals surface area contributed by atoms with Gasteiger partial charge in [0.2, 0.25) is 0 Å². The molecule has 3 nitrogen and oxygen atoms in total. The first kappa shape index (κ1) is 16.3. The van der Waals surface area contributed by atoms with Crippen molar-refractivity contribution >= 4 is 11.6 Å². The Bertz CT molecular complexity index is 907. The van der Waals surface area contributed by atoms with E-state index in [1.807, 2.05) is 0 Å². The number of aromatic nitrogens is 2. The van der Waals surface area contributed by atoms with Crippen molar-refractivity contribution < 1.29 is 18.3 Å². The molecule has 122 valence electrons. The summed E-state index contributed by atoms with van der Waals surface area (Å²) in [4.78, 5) is 0. The van der Waals surface area contributed by atoms with Gasteiger partial charge in [-0.3, -0.25) is 0 Å². The Morgan fingerprint density at radius 1 is 0.875 bits per heavy atom. The van der Waals surface area contributed by atoms with Crippen LogP contribution < -0.4 is 0 Å². The van der Waals surface area contributed by atoms with Gasteiger partial charge in [0.15, 0.2) is 5.15 Å². The lowest BCUT2D eigenvalue weighted by Crippen LogP contribution is -2.01. The minimum atomic E-state index is -1.10. The van der Waals surface area contributed by atoms with Crippen LogP contribution in [0.2, 0.25) is 5.15 Å². The molecular weight excluding hydrogens is 341 g/mol. The van der Waals surface area contributed by atoms with E-state index in [1.165, 1.54) is 12.1 Å². The summed E-state index contributed by atoms with van der Waals surface area (Å²) in [6.45, 7) is 1.61. The van der Waals surface area contributed by atoms with Crippen LogP contribution in [0.1, 0.15) is 5.69 Å². The van der Waals surface area contributed by atoms with Crippen molar-refractivity contribution in [3.63, 3.8) is 0 Å². The topological polar surface area (TPSA) is 46.0 Å². The number of phenolic OH excluding ortho intramolecular Hbond substituents is 1. The molecule has 0 radical (unpaired) electrons. The highest BCUT2D eigenvalue weighted by atomic mass is 35.5. The molecule has 0 saturated heterocycles. The Hall–Kier alpha value is -2.60. The largest absolute Gasteiger partial charge is 0.508 e. The van der Waals surface area contributed by atoms with Gasteiger partial charge in [0.1, 0.15) is 23.2 Å². The van der Waals surface area contributed by atoms with Gasteiger partial charge in [-0.25, -0.2) is 13.2 Å². The fraction of sp³-hybridized carbons (Fsp3) is 0.0588. The predicted molar refractivity (Wildman–Crippen MR) is 84.2 cm³/mol. The van der Waals surface area contributed by atoms with Gasteiger partial charge in [0.25, 0.3) is 0 Å². The average Bonchev–Trinajstić information content (AvgIpc) is 2.51. The zero-order valence-electron chi connectivity index (χ0n) is 12.3. The van der Waals surface area contributed by atoms with E-state index in [0.717, 1.165) is 0 Å². The van der Waals surface area contributed by atoms with Gasteiger partial charge in [-0.2, -0.15) is 5.10 Å². The average molecular weight is 351 g/mol. The molecule has 1 N–H and O–H groups in total. The van der Waals surface area contributed by atoms with Crippen LogP contribution in [0.15, 0.2) is 36.4 Å². The zero-order valence-corrected chi connectivity index (χ0v) is 13.1. The first-order valence-corrected chi connectivity index (χ1v) is 7.23. The molecule has 0 saturated carbocycles. The van der Waals surface area contributed by atoms with Gasteiger partial charge in [0, 0.05) is 23.3 Å². The van der Waals surface area contributed by atoms with Crippen LogP contribution in [0.4, 0.5) is 13.2 Å². The van der Waals surface area contributed by atoms with Crippen LogP contribution in [0, 0.1) is 24.4 Å². The molecule has 0 aliphatic rings. The number of hydrogen-bond acceptors (Lipinski definition) is 3. The molecule has 0 unspecified atom stereocenters. The first-order valence-electron chi connectivity index (χ1n) is 6.85. The highest BCUT2D eigenvalue weighted by Crippen LogP contribution is 2.40. The van der Waals surface area contributed by atoms with Crippen molar-refractivity contribution in [2.24, 2.45) is 0 Å². The molecule has 3 rings (SSSR count). The highest BCUT2D eigenvalue weighted by Gasteiger charge is 2.23. The smallest absolute Gasteiger partial charge is 0.160 e. The summed E-state index contributed by atoms with van der Waals surface area (Å²) in [5, 5.41) is 16.8. The SMILES string of the molecule is Cc1nnc(Cl)c(-c2c(F)cc(F)cc2F)c1-c1ccc(O)cc1. The second-order valence-electron chi connectivity index (χ2n) is 5.12. The van der Waals surface area contributed by atoms with Gasteiger partial charge in [0.05, 0.1) is 11.3 Å². The fourth-order valence-electron chi connectivity index (χ4n) is 2.49. The molecule has 0 aliphatic carbocycles. The number of hydrogen-bond donors (Lipinski definition) is 1. The molecule has 0 atom stereocenters. The third-order valence-electron chi connectivity index (χ3n) is 3.52. The quantitative estimate of drug-likeness (QED) is 0.715. The zero-order chi connectivity index (χ0) is 17.4. The predicted octanol–water partition coefficient (Wildman–Crippen LogP) is 4.90. The van der Waals surface area contributed by atoms with Gasteiger partial charge in [-0.05, 0) is 24.6 Å². The summed E-state index contributed by atoms with van der Waals surface area (Å²) < 4.78 is 41.7. The molecule has 24 heavy (non-hydrogen) atoms. The minimum Gasteiger partial charge on any atom is -0.508 e. The van der Waals surface area contributed by atoms with E-state index < -0.39 is 23.0 Å². The Morgan fingerprint density at radius 3 is 2.04 bits per heavy atom. The molecular formula is C17H10ClF3N2O. The van der Waals surface area contributed by atoms with E-state index in [4.69, 9.17) is 11.6 Å². The molecule has 7 heteroatoms. The molecule has 0 amide bonds. The summed E-state index contributed by atoms with van der Waals surface area (Å²) in [5.41, 5.74) is 0.746. The monoisotopic (exact) mass is 350 g/mol. The fourth-order valence-corrected chi connectivity index (χ4v) is 2.72. The number of nitrogens with zero attached hydrogens (tertiary/aromatic N) is 2. The maximum atomic E-state index is 14.2. The van der Waals surface area contributed by atoms with Crippen molar-refractivity contribution in [3.8, 4) is 28.0 Å². The molecule has 0 spiro atoms. The molecule has 0 bridgehead atoms. The van der Waals surface area contributed by atoms with E-state index in [2.05, 4.69) is 10.2 Å². The number of rotatable bonds is 2. The number of aryl methyl sites for hydroxylation is 1. The molecule has 0 aliphatic heterocycles. The second-order valence-corrected chi connectivity index (χ2v) is 5.48. The second kappa shape index (κ2) is 6.13. The maximum absolute atomic E-state index is 14.2. The third kappa shape index (κ3) is 2.80. The molecule has 3 aromatic rings. The Labute approximate surface area is 140 Å². The Morgan fingerprint density at radius 2 is 1.46 bits per heavy atom. The van der Waals surface area contributed by atoms with E-state index in [9.17, 15) is 18.3 Å². The van der Waals surface area contributed by atoms with Crippen molar-refractivity contribution in [1.82, 2.24) is 10.2 Å². The van der Waals surface area contributed by atoms with Gasteiger partial charge in [-0.15, -0.1) is 5.10 Å².